The fourth-order valence-electron chi connectivity index (χ4n) is 2.44. The molecule has 0 radical (unpaired) electrons. The molecule has 1 aliphatic rings. The van der Waals surface area contributed by atoms with Gasteiger partial charge in [0, 0.05) is 12.0 Å². The molecule has 3 rings (SSSR count). The lowest BCUT2D eigenvalue weighted by molar-refractivity contribution is -0.121. The van der Waals surface area contributed by atoms with Gasteiger partial charge in [0.05, 0.1) is 5.69 Å². The number of benzene rings is 2. The van der Waals surface area contributed by atoms with Crippen molar-refractivity contribution >= 4 is 24.0 Å². The van der Waals surface area contributed by atoms with E-state index in [1.165, 1.54) is 12.1 Å². The second-order valence-corrected chi connectivity index (χ2v) is 5.75. The first kappa shape index (κ1) is 18.2. The van der Waals surface area contributed by atoms with Crippen LogP contribution in [0, 0.1) is 17.7 Å². The van der Waals surface area contributed by atoms with Gasteiger partial charge in [0.2, 0.25) is 5.91 Å². The molecular weight excluding hydrogens is 331 g/mol. The number of amides is 1. The number of para-hydroxylation sites is 2. The molecule has 128 valence electrons. The Labute approximate surface area is 146 Å². The summed E-state index contributed by atoms with van der Waals surface area (Å²) in [4.78, 5) is 12.4. The van der Waals surface area contributed by atoms with E-state index >= 15 is 0 Å². The van der Waals surface area contributed by atoms with E-state index in [1.54, 1.807) is 24.3 Å². The molecule has 4 nitrogen and oxygen atoms in total. The molecular formula is C18H20ClFN2O2. The summed E-state index contributed by atoms with van der Waals surface area (Å²) < 4.78 is 19.0. The van der Waals surface area contributed by atoms with E-state index < -0.39 is 0 Å². The number of hydrogen-bond acceptors (Lipinski definition) is 3. The molecule has 24 heavy (non-hydrogen) atoms. The normalized spacial score (nSPS) is 14.9. The van der Waals surface area contributed by atoms with Crippen molar-refractivity contribution in [3.63, 3.8) is 0 Å². The van der Waals surface area contributed by atoms with E-state index in [1.807, 2.05) is 19.1 Å². The molecule has 0 aliphatic carbocycles. The average molecular weight is 351 g/mol. The molecule has 2 aromatic rings. The predicted molar refractivity (Wildman–Crippen MR) is 94.3 cm³/mol. The van der Waals surface area contributed by atoms with E-state index in [0.717, 1.165) is 13.1 Å². The Bertz CT molecular complexity index is 707. The molecule has 1 fully saturated rings. The Hall–Kier alpha value is -2.11. The van der Waals surface area contributed by atoms with Crippen LogP contribution >= 0.6 is 12.4 Å². The summed E-state index contributed by atoms with van der Waals surface area (Å²) in [5.41, 5.74) is 0.584. The molecule has 2 aromatic carbocycles. The summed E-state index contributed by atoms with van der Waals surface area (Å²) in [5, 5.41) is 6.08. The van der Waals surface area contributed by atoms with Crippen LogP contribution in [-0.2, 0) is 4.79 Å². The molecule has 1 unspecified atom stereocenters. The van der Waals surface area contributed by atoms with Crippen LogP contribution in [0.25, 0.3) is 0 Å². The van der Waals surface area contributed by atoms with Crippen molar-refractivity contribution in [2.75, 3.05) is 18.4 Å². The second kappa shape index (κ2) is 8.13. The zero-order valence-electron chi connectivity index (χ0n) is 13.3. The smallest absolute Gasteiger partial charge is 0.227 e. The van der Waals surface area contributed by atoms with Gasteiger partial charge in [-0.3, -0.25) is 4.79 Å². The fourth-order valence-corrected chi connectivity index (χ4v) is 2.44. The lowest BCUT2D eigenvalue weighted by atomic mass is 9.88. The maximum atomic E-state index is 13.3. The van der Waals surface area contributed by atoms with E-state index in [9.17, 15) is 9.18 Å². The van der Waals surface area contributed by atoms with Crippen LogP contribution in [0.3, 0.4) is 0 Å². The van der Waals surface area contributed by atoms with Crippen LogP contribution in [-0.4, -0.2) is 19.0 Å². The molecule has 1 saturated heterocycles. The van der Waals surface area contributed by atoms with Crippen molar-refractivity contribution in [1.29, 1.82) is 0 Å². The molecule has 0 bridgehead atoms. The third-order valence-corrected chi connectivity index (χ3v) is 4.10. The number of nitrogens with one attached hydrogen (secondary N) is 2. The van der Waals surface area contributed by atoms with Crippen LogP contribution in [0.4, 0.5) is 10.1 Å². The monoisotopic (exact) mass is 350 g/mol. The molecule has 2 N–H and O–H groups in total. The minimum absolute atomic E-state index is 0. The first-order valence-corrected chi connectivity index (χ1v) is 7.67. The molecule has 1 amide bonds. The number of anilines is 1. The van der Waals surface area contributed by atoms with Crippen molar-refractivity contribution in [2.45, 2.75) is 6.92 Å². The quantitative estimate of drug-likeness (QED) is 0.861. The Kier molecular flexibility index (Phi) is 6.17. The Balaban J connectivity index is 0.00000208. The van der Waals surface area contributed by atoms with Crippen LogP contribution in [0.1, 0.15) is 6.92 Å². The first-order chi connectivity index (χ1) is 11.1. The summed E-state index contributed by atoms with van der Waals surface area (Å²) in [6, 6.07) is 13.1. The van der Waals surface area contributed by atoms with Gasteiger partial charge < -0.3 is 15.4 Å². The highest BCUT2D eigenvalue weighted by Crippen LogP contribution is 2.30. The number of halogens is 2. The Morgan fingerprint density at radius 2 is 2.00 bits per heavy atom. The van der Waals surface area contributed by atoms with Gasteiger partial charge in [0.25, 0.3) is 0 Å². The summed E-state index contributed by atoms with van der Waals surface area (Å²) in [5.74, 6) is 0.778. The van der Waals surface area contributed by atoms with E-state index in [4.69, 9.17) is 4.74 Å². The SMILES string of the molecule is CC(C(=O)Nc1ccccc1Oc1cccc(F)c1)C1CNC1.Cl. The zero-order valence-corrected chi connectivity index (χ0v) is 14.1. The van der Waals surface area contributed by atoms with E-state index in [2.05, 4.69) is 10.6 Å². The minimum atomic E-state index is -0.366. The van der Waals surface area contributed by atoms with Crippen molar-refractivity contribution in [3.8, 4) is 11.5 Å². The van der Waals surface area contributed by atoms with Crippen molar-refractivity contribution in [1.82, 2.24) is 5.32 Å². The van der Waals surface area contributed by atoms with Crippen molar-refractivity contribution < 1.29 is 13.9 Å². The number of hydrogen-bond donors (Lipinski definition) is 2. The fraction of sp³-hybridized carbons (Fsp3) is 0.278. The maximum absolute atomic E-state index is 13.3. The first-order valence-electron chi connectivity index (χ1n) is 7.67. The van der Waals surface area contributed by atoms with Crippen LogP contribution < -0.4 is 15.4 Å². The Morgan fingerprint density at radius 1 is 1.25 bits per heavy atom. The van der Waals surface area contributed by atoms with Gasteiger partial charge in [-0.05, 0) is 43.3 Å². The van der Waals surface area contributed by atoms with Gasteiger partial charge in [-0.1, -0.05) is 25.1 Å². The lowest BCUT2D eigenvalue weighted by Crippen LogP contribution is -2.48. The van der Waals surface area contributed by atoms with Gasteiger partial charge in [0.15, 0.2) is 5.75 Å². The highest BCUT2D eigenvalue weighted by molar-refractivity contribution is 5.94. The summed E-state index contributed by atoms with van der Waals surface area (Å²) in [6.07, 6.45) is 0. The third kappa shape index (κ3) is 4.24. The maximum Gasteiger partial charge on any atom is 0.227 e. The van der Waals surface area contributed by atoms with Gasteiger partial charge in [-0.2, -0.15) is 0 Å². The summed E-state index contributed by atoms with van der Waals surface area (Å²) in [6.45, 7) is 3.67. The molecule has 0 spiro atoms. The van der Waals surface area contributed by atoms with E-state index in [0.29, 0.717) is 23.1 Å². The standard InChI is InChI=1S/C18H19FN2O2.ClH/c1-12(13-10-20-11-13)18(22)21-16-7-2-3-8-17(16)23-15-6-4-5-14(19)9-15;/h2-9,12-13,20H,10-11H2,1H3,(H,21,22);1H. The van der Waals surface area contributed by atoms with Crippen LogP contribution in [0.5, 0.6) is 11.5 Å². The minimum Gasteiger partial charge on any atom is -0.455 e. The highest BCUT2D eigenvalue weighted by atomic mass is 35.5. The number of carbonyl (C=O) groups excluding carboxylic acids is 1. The summed E-state index contributed by atoms with van der Waals surface area (Å²) >= 11 is 0. The summed E-state index contributed by atoms with van der Waals surface area (Å²) in [7, 11) is 0. The van der Waals surface area contributed by atoms with Crippen LogP contribution in [0.15, 0.2) is 48.5 Å². The topological polar surface area (TPSA) is 50.4 Å². The van der Waals surface area contributed by atoms with Crippen molar-refractivity contribution in [3.05, 3.63) is 54.3 Å². The van der Waals surface area contributed by atoms with Gasteiger partial charge in [-0.15, -0.1) is 12.4 Å². The molecule has 1 heterocycles. The number of ether oxygens (including phenoxy) is 1. The molecule has 6 heteroatoms. The molecule has 1 atom stereocenters. The van der Waals surface area contributed by atoms with E-state index in [-0.39, 0.29) is 30.0 Å². The van der Waals surface area contributed by atoms with Gasteiger partial charge >= 0.3 is 0 Å². The zero-order chi connectivity index (χ0) is 16.2. The third-order valence-electron chi connectivity index (χ3n) is 4.10. The Morgan fingerprint density at radius 3 is 2.67 bits per heavy atom. The second-order valence-electron chi connectivity index (χ2n) is 5.75. The molecule has 0 aromatic heterocycles. The van der Waals surface area contributed by atoms with Gasteiger partial charge in [0.1, 0.15) is 11.6 Å². The number of carbonyl (C=O) groups is 1. The largest absolute Gasteiger partial charge is 0.455 e. The molecule has 0 saturated carbocycles. The predicted octanol–water partition coefficient (Wildman–Crippen LogP) is 3.83. The molecule has 1 aliphatic heterocycles. The average Bonchev–Trinajstić information content (AvgIpc) is 2.47. The number of rotatable bonds is 5. The highest BCUT2D eigenvalue weighted by Gasteiger charge is 2.29. The van der Waals surface area contributed by atoms with Crippen LogP contribution in [0.2, 0.25) is 0 Å². The lowest BCUT2D eigenvalue weighted by Gasteiger charge is -2.31. The van der Waals surface area contributed by atoms with Gasteiger partial charge in [-0.25, -0.2) is 4.39 Å². The van der Waals surface area contributed by atoms with Crippen molar-refractivity contribution in [2.24, 2.45) is 11.8 Å².